The summed E-state index contributed by atoms with van der Waals surface area (Å²) in [4.78, 5) is 22.5. The van der Waals surface area contributed by atoms with E-state index in [1.165, 1.54) is 12.8 Å². The Kier molecular flexibility index (Phi) is 5.93. The molecule has 0 aromatic heterocycles. The van der Waals surface area contributed by atoms with Crippen molar-refractivity contribution in [2.24, 2.45) is 11.3 Å². The van der Waals surface area contributed by atoms with Gasteiger partial charge in [0.05, 0.1) is 0 Å². The highest BCUT2D eigenvalue weighted by Crippen LogP contribution is 2.42. The summed E-state index contributed by atoms with van der Waals surface area (Å²) < 4.78 is 0. The van der Waals surface area contributed by atoms with E-state index in [2.05, 4.69) is 24.5 Å². The predicted octanol–water partition coefficient (Wildman–Crippen LogP) is 2.66. The van der Waals surface area contributed by atoms with Gasteiger partial charge in [-0.2, -0.15) is 0 Å². The summed E-state index contributed by atoms with van der Waals surface area (Å²) in [5, 5.41) is 5.01. The molecule has 0 spiro atoms. The third kappa shape index (κ3) is 4.84. The molecule has 0 aromatic carbocycles. The number of urea groups is 1. The molecule has 18 heavy (non-hydrogen) atoms. The molecule has 0 radical (unpaired) electrons. The standard InChI is InChI=1S/C13H23ClN2O2/c1-10(2)7-13(5-3-4-6-13)9-15-12(18)16-11(17)8-14/h10H,3-9H2,1-2H3,(H2,15,16,17,18). The fraction of sp³-hybridized carbons (Fsp3) is 0.846. The highest BCUT2D eigenvalue weighted by atomic mass is 35.5. The quantitative estimate of drug-likeness (QED) is 0.757. The van der Waals surface area contributed by atoms with Gasteiger partial charge in [-0.25, -0.2) is 4.79 Å². The van der Waals surface area contributed by atoms with Crippen LogP contribution in [0.15, 0.2) is 0 Å². The van der Waals surface area contributed by atoms with Crippen LogP contribution in [0.5, 0.6) is 0 Å². The second-order valence-corrected chi connectivity index (χ2v) is 5.94. The Morgan fingerprint density at radius 2 is 1.89 bits per heavy atom. The molecule has 1 aliphatic rings. The van der Waals surface area contributed by atoms with Crippen molar-refractivity contribution >= 4 is 23.5 Å². The van der Waals surface area contributed by atoms with Gasteiger partial charge >= 0.3 is 6.03 Å². The van der Waals surface area contributed by atoms with Crippen LogP contribution in [-0.2, 0) is 4.79 Å². The molecule has 0 aliphatic heterocycles. The molecule has 1 saturated carbocycles. The zero-order chi connectivity index (χ0) is 13.6. The Morgan fingerprint density at radius 1 is 1.28 bits per heavy atom. The van der Waals surface area contributed by atoms with Crippen molar-refractivity contribution in [2.75, 3.05) is 12.4 Å². The number of carbonyl (C=O) groups excluding carboxylic acids is 2. The van der Waals surface area contributed by atoms with Gasteiger partial charge in [0.15, 0.2) is 0 Å². The van der Waals surface area contributed by atoms with E-state index in [1.807, 2.05) is 0 Å². The first-order valence-corrected chi connectivity index (χ1v) is 7.14. The second kappa shape index (κ2) is 6.98. The summed E-state index contributed by atoms with van der Waals surface area (Å²) in [5.74, 6) is -0.0270. The second-order valence-electron chi connectivity index (χ2n) is 5.67. The first kappa shape index (κ1) is 15.3. The fourth-order valence-corrected chi connectivity index (χ4v) is 2.98. The zero-order valence-electron chi connectivity index (χ0n) is 11.2. The summed E-state index contributed by atoms with van der Waals surface area (Å²) in [6.07, 6.45) is 5.91. The Hall–Kier alpha value is -0.770. The lowest BCUT2D eigenvalue weighted by Crippen LogP contribution is -2.44. The zero-order valence-corrected chi connectivity index (χ0v) is 12.0. The minimum atomic E-state index is -0.460. The number of alkyl halides is 1. The number of halogens is 1. The van der Waals surface area contributed by atoms with E-state index in [0.29, 0.717) is 12.5 Å². The number of rotatable bonds is 5. The van der Waals surface area contributed by atoms with Crippen molar-refractivity contribution < 1.29 is 9.59 Å². The van der Waals surface area contributed by atoms with Crippen molar-refractivity contribution in [2.45, 2.75) is 46.0 Å². The van der Waals surface area contributed by atoms with Crippen molar-refractivity contribution in [3.05, 3.63) is 0 Å². The van der Waals surface area contributed by atoms with Crippen LogP contribution in [0.3, 0.4) is 0 Å². The maximum atomic E-state index is 11.5. The molecule has 0 heterocycles. The smallest absolute Gasteiger partial charge is 0.321 e. The van der Waals surface area contributed by atoms with Crippen molar-refractivity contribution in [1.82, 2.24) is 10.6 Å². The molecule has 0 bridgehead atoms. The van der Waals surface area contributed by atoms with Crippen molar-refractivity contribution in [1.29, 1.82) is 0 Å². The molecule has 1 aliphatic carbocycles. The summed E-state index contributed by atoms with van der Waals surface area (Å²) >= 11 is 5.33. The Morgan fingerprint density at radius 3 is 2.39 bits per heavy atom. The maximum Gasteiger partial charge on any atom is 0.321 e. The average molecular weight is 275 g/mol. The summed E-state index contributed by atoms with van der Waals surface area (Å²) in [5.41, 5.74) is 0.218. The molecule has 0 unspecified atom stereocenters. The average Bonchev–Trinajstić information content (AvgIpc) is 2.74. The number of carbonyl (C=O) groups is 2. The van der Waals surface area contributed by atoms with Crippen molar-refractivity contribution in [3.63, 3.8) is 0 Å². The number of hydrogen-bond acceptors (Lipinski definition) is 2. The molecule has 104 valence electrons. The van der Waals surface area contributed by atoms with Gasteiger partial charge in [-0.05, 0) is 30.6 Å². The highest BCUT2D eigenvalue weighted by Gasteiger charge is 2.34. The van der Waals surface area contributed by atoms with Gasteiger partial charge in [-0.15, -0.1) is 11.6 Å². The van der Waals surface area contributed by atoms with Crippen LogP contribution in [0.1, 0.15) is 46.0 Å². The van der Waals surface area contributed by atoms with E-state index in [1.54, 1.807) is 0 Å². The van der Waals surface area contributed by atoms with E-state index < -0.39 is 11.9 Å². The number of imide groups is 1. The maximum absolute atomic E-state index is 11.5. The summed E-state index contributed by atoms with van der Waals surface area (Å²) in [7, 11) is 0. The largest absolute Gasteiger partial charge is 0.337 e. The first-order chi connectivity index (χ1) is 8.47. The Balaban J connectivity index is 2.43. The van der Waals surface area contributed by atoms with Crippen LogP contribution in [0.4, 0.5) is 4.79 Å². The third-order valence-corrected chi connectivity index (χ3v) is 3.75. The molecule has 0 saturated heterocycles. The lowest BCUT2D eigenvalue weighted by Gasteiger charge is -2.31. The van der Waals surface area contributed by atoms with E-state index in [4.69, 9.17) is 11.6 Å². The molecule has 5 heteroatoms. The number of hydrogen-bond donors (Lipinski definition) is 2. The van der Waals surface area contributed by atoms with Gasteiger partial charge in [0, 0.05) is 6.54 Å². The monoisotopic (exact) mass is 274 g/mol. The summed E-state index contributed by atoms with van der Waals surface area (Å²) in [6.45, 7) is 5.06. The number of nitrogens with one attached hydrogen (secondary N) is 2. The molecule has 1 fully saturated rings. The molecule has 2 N–H and O–H groups in total. The minimum Gasteiger partial charge on any atom is -0.337 e. The normalized spacial score (nSPS) is 17.8. The lowest BCUT2D eigenvalue weighted by molar-refractivity contribution is -0.117. The topological polar surface area (TPSA) is 58.2 Å². The molecule has 0 atom stereocenters. The predicted molar refractivity (Wildman–Crippen MR) is 72.6 cm³/mol. The van der Waals surface area contributed by atoms with Gasteiger partial charge in [0.2, 0.25) is 5.91 Å². The van der Waals surface area contributed by atoms with Crippen LogP contribution in [0, 0.1) is 11.3 Å². The molecule has 1 rings (SSSR count). The van der Waals surface area contributed by atoms with Gasteiger partial charge < -0.3 is 5.32 Å². The fourth-order valence-electron chi connectivity index (χ4n) is 2.92. The highest BCUT2D eigenvalue weighted by molar-refractivity contribution is 6.28. The van der Waals surface area contributed by atoms with E-state index in [-0.39, 0.29) is 11.3 Å². The van der Waals surface area contributed by atoms with Crippen molar-refractivity contribution in [3.8, 4) is 0 Å². The minimum absolute atomic E-state index is 0.190. The van der Waals surface area contributed by atoms with Gasteiger partial charge in [0.1, 0.15) is 5.88 Å². The summed E-state index contributed by atoms with van der Waals surface area (Å²) in [6, 6.07) is -0.435. The van der Waals surface area contributed by atoms with E-state index >= 15 is 0 Å². The molecular weight excluding hydrogens is 252 g/mol. The van der Waals surface area contributed by atoms with Crippen LogP contribution < -0.4 is 10.6 Å². The molecule has 4 nitrogen and oxygen atoms in total. The van der Waals surface area contributed by atoms with Crippen LogP contribution in [0.2, 0.25) is 0 Å². The Labute approximate surface area is 114 Å². The molecule has 0 aromatic rings. The third-order valence-electron chi connectivity index (χ3n) is 3.50. The first-order valence-electron chi connectivity index (χ1n) is 6.61. The van der Waals surface area contributed by atoms with Gasteiger partial charge in [-0.3, -0.25) is 10.1 Å². The lowest BCUT2D eigenvalue weighted by atomic mass is 9.78. The molecule has 3 amide bonds. The van der Waals surface area contributed by atoms with Gasteiger partial charge in [-0.1, -0.05) is 26.7 Å². The Bertz CT molecular complexity index is 299. The van der Waals surface area contributed by atoms with E-state index in [0.717, 1.165) is 19.3 Å². The van der Waals surface area contributed by atoms with Crippen LogP contribution in [-0.4, -0.2) is 24.4 Å². The number of amides is 3. The SMILES string of the molecule is CC(C)CC1(CNC(=O)NC(=O)CCl)CCCC1. The van der Waals surface area contributed by atoms with E-state index in [9.17, 15) is 9.59 Å². The van der Waals surface area contributed by atoms with Crippen LogP contribution in [0.25, 0.3) is 0 Å². The molecular formula is C13H23ClN2O2. The van der Waals surface area contributed by atoms with Gasteiger partial charge in [0.25, 0.3) is 0 Å². The van der Waals surface area contributed by atoms with Crippen LogP contribution >= 0.6 is 11.6 Å².